The van der Waals surface area contributed by atoms with Crippen LogP contribution in [0.5, 0.6) is 0 Å². The van der Waals surface area contributed by atoms with Crippen molar-refractivity contribution in [3.63, 3.8) is 0 Å². The van der Waals surface area contributed by atoms with Crippen LogP contribution in [0.15, 0.2) is 22.9 Å². The molecule has 0 aromatic carbocycles. The van der Waals surface area contributed by atoms with Gasteiger partial charge in [0.2, 0.25) is 0 Å². The summed E-state index contributed by atoms with van der Waals surface area (Å²) >= 11 is 3.00. The number of nitrogens with zero attached hydrogens (tertiary/aromatic N) is 2. The Labute approximate surface area is 178 Å². The largest absolute Gasteiger partial charge is 0.480 e. The molecule has 6 nitrogen and oxygen atoms in total. The molecule has 1 saturated carbocycles. The number of fused-ring (bicyclic) bond motifs is 1. The van der Waals surface area contributed by atoms with Crippen LogP contribution in [0.25, 0.3) is 9.88 Å². The molecule has 4 atom stereocenters. The second kappa shape index (κ2) is 8.53. The van der Waals surface area contributed by atoms with Gasteiger partial charge in [0.15, 0.2) is 0 Å². The molecule has 0 bridgehead atoms. The molecule has 2 aromatic heterocycles. The Balaban J connectivity index is 1.51. The second-order valence-electron chi connectivity index (χ2n) is 8.34. The van der Waals surface area contributed by atoms with Crippen LogP contribution in [-0.4, -0.2) is 52.2 Å². The van der Waals surface area contributed by atoms with Crippen molar-refractivity contribution in [2.75, 3.05) is 13.2 Å². The standard InChI is InChI=1S/C21H26N2O4S2/c1-12(2)17-8-13-6-15(7-14(13)10-27-17)23(9-19(24)25)21(26)16-11-29-20(22-16)18-4-3-5-28-18/h3-5,11-15,17H,6-10H2,1-2H3,(H,24,25)/t13-,14+,15-,17-/m0/s1. The van der Waals surface area contributed by atoms with Gasteiger partial charge in [-0.3, -0.25) is 9.59 Å². The quantitative estimate of drug-likeness (QED) is 0.736. The van der Waals surface area contributed by atoms with E-state index in [2.05, 4.69) is 18.8 Å². The van der Waals surface area contributed by atoms with Crippen LogP contribution in [0, 0.1) is 17.8 Å². The topological polar surface area (TPSA) is 79.7 Å². The number of carbonyl (C=O) groups excluding carboxylic acids is 1. The molecule has 0 radical (unpaired) electrons. The third-order valence-corrected chi connectivity index (χ3v) is 7.96. The molecule has 29 heavy (non-hydrogen) atoms. The van der Waals surface area contributed by atoms with Gasteiger partial charge in [0, 0.05) is 11.4 Å². The van der Waals surface area contributed by atoms with Gasteiger partial charge < -0.3 is 14.7 Å². The Bertz CT molecular complexity index is 864. The summed E-state index contributed by atoms with van der Waals surface area (Å²) in [7, 11) is 0. The Kier molecular flexibility index (Phi) is 6.03. The highest BCUT2D eigenvalue weighted by Crippen LogP contribution is 2.43. The highest BCUT2D eigenvalue weighted by molar-refractivity contribution is 7.20. The number of carbonyl (C=O) groups is 2. The molecule has 156 valence electrons. The summed E-state index contributed by atoms with van der Waals surface area (Å²) in [5, 5.41) is 13.9. The predicted octanol–water partition coefficient (Wildman–Crippen LogP) is 4.24. The highest BCUT2D eigenvalue weighted by Gasteiger charge is 2.43. The van der Waals surface area contributed by atoms with Gasteiger partial charge in [-0.25, -0.2) is 4.98 Å². The van der Waals surface area contributed by atoms with Gasteiger partial charge in [-0.1, -0.05) is 19.9 Å². The van der Waals surface area contributed by atoms with E-state index in [1.165, 1.54) is 16.2 Å². The van der Waals surface area contributed by atoms with Crippen molar-refractivity contribution >= 4 is 34.6 Å². The number of aliphatic carboxylic acids is 1. The van der Waals surface area contributed by atoms with Gasteiger partial charge in [-0.15, -0.1) is 22.7 Å². The Morgan fingerprint density at radius 3 is 2.76 bits per heavy atom. The highest BCUT2D eigenvalue weighted by atomic mass is 32.1. The number of carboxylic acids is 1. The van der Waals surface area contributed by atoms with Crippen LogP contribution in [0.3, 0.4) is 0 Å². The number of rotatable bonds is 6. The Hall–Kier alpha value is -1.77. The van der Waals surface area contributed by atoms with E-state index >= 15 is 0 Å². The van der Waals surface area contributed by atoms with E-state index < -0.39 is 5.97 Å². The molecule has 2 aliphatic rings. The molecule has 2 aromatic rings. The summed E-state index contributed by atoms with van der Waals surface area (Å²) in [4.78, 5) is 31.8. The molecular weight excluding hydrogens is 408 g/mol. The monoisotopic (exact) mass is 434 g/mol. The lowest BCUT2D eigenvalue weighted by molar-refractivity contribution is -0.138. The number of thiazole rings is 1. The lowest BCUT2D eigenvalue weighted by atomic mass is 9.85. The van der Waals surface area contributed by atoms with Crippen molar-refractivity contribution < 1.29 is 19.4 Å². The lowest BCUT2D eigenvalue weighted by Crippen LogP contribution is -2.42. The first-order valence-corrected chi connectivity index (χ1v) is 11.8. The van der Waals surface area contributed by atoms with E-state index in [-0.39, 0.29) is 24.6 Å². The van der Waals surface area contributed by atoms with E-state index in [1.54, 1.807) is 16.7 Å². The fourth-order valence-electron chi connectivity index (χ4n) is 4.55. The Morgan fingerprint density at radius 1 is 1.28 bits per heavy atom. The van der Waals surface area contributed by atoms with Gasteiger partial charge in [0.1, 0.15) is 17.2 Å². The summed E-state index contributed by atoms with van der Waals surface area (Å²) in [6.45, 7) is 4.76. The maximum absolute atomic E-state index is 13.2. The first-order valence-electron chi connectivity index (χ1n) is 10.1. The summed E-state index contributed by atoms with van der Waals surface area (Å²) in [6.07, 6.45) is 2.90. The summed E-state index contributed by atoms with van der Waals surface area (Å²) < 4.78 is 6.02. The van der Waals surface area contributed by atoms with Crippen molar-refractivity contribution in [1.82, 2.24) is 9.88 Å². The minimum Gasteiger partial charge on any atom is -0.480 e. The normalized spacial score (nSPS) is 26.4. The smallest absolute Gasteiger partial charge is 0.323 e. The minimum atomic E-state index is -0.988. The van der Waals surface area contributed by atoms with Crippen LogP contribution in [0.1, 0.15) is 43.6 Å². The second-order valence-corrected chi connectivity index (χ2v) is 10.1. The van der Waals surface area contributed by atoms with Crippen molar-refractivity contribution in [1.29, 1.82) is 0 Å². The summed E-state index contributed by atoms with van der Waals surface area (Å²) in [5.74, 6) is 0.0886. The average Bonchev–Trinajstić information content (AvgIpc) is 3.44. The lowest BCUT2D eigenvalue weighted by Gasteiger charge is -2.34. The van der Waals surface area contributed by atoms with Gasteiger partial charge >= 0.3 is 5.97 Å². The van der Waals surface area contributed by atoms with Crippen molar-refractivity contribution in [2.45, 2.75) is 45.3 Å². The van der Waals surface area contributed by atoms with Crippen molar-refractivity contribution in [3.05, 3.63) is 28.6 Å². The summed E-state index contributed by atoms with van der Waals surface area (Å²) in [5.41, 5.74) is 0.339. The van der Waals surface area contributed by atoms with Gasteiger partial charge in [0.25, 0.3) is 5.91 Å². The zero-order valence-electron chi connectivity index (χ0n) is 16.6. The first kappa shape index (κ1) is 20.5. The van der Waals surface area contributed by atoms with E-state index in [1.807, 2.05) is 17.5 Å². The molecule has 0 spiro atoms. The van der Waals surface area contributed by atoms with Gasteiger partial charge in [-0.05, 0) is 48.5 Å². The van der Waals surface area contributed by atoms with Crippen LogP contribution in [0.4, 0.5) is 0 Å². The van der Waals surface area contributed by atoms with E-state index in [0.717, 1.165) is 29.1 Å². The third-order valence-electron chi connectivity index (χ3n) is 6.08. The maximum atomic E-state index is 13.2. The van der Waals surface area contributed by atoms with E-state index in [0.29, 0.717) is 30.1 Å². The molecule has 0 unspecified atom stereocenters. The number of hydrogen-bond donors (Lipinski definition) is 1. The summed E-state index contributed by atoms with van der Waals surface area (Å²) in [6, 6.07) is 3.85. The molecule has 1 amide bonds. The molecule has 4 rings (SSSR count). The van der Waals surface area contributed by atoms with Crippen LogP contribution in [0.2, 0.25) is 0 Å². The fraction of sp³-hybridized carbons (Fsp3) is 0.571. The van der Waals surface area contributed by atoms with Crippen molar-refractivity contribution in [2.24, 2.45) is 17.8 Å². The fourth-order valence-corrected chi connectivity index (χ4v) is 6.16. The van der Waals surface area contributed by atoms with Gasteiger partial charge in [0.05, 0.1) is 17.6 Å². The molecule has 2 fully saturated rings. The molecule has 1 N–H and O–H groups in total. The molecule has 3 heterocycles. The average molecular weight is 435 g/mol. The third kappa shape index (κ3) is 4.39. The number of carboxylic acid groups (broad SMARTS) is 1. The van der Waals surface area contributed by atoms with Gasteiger partial charge in [-0.2, -0.15) is 0 Å². The van der Waals surface area contributed by atoms with Crippen LogP contribution in [-0.2, 0) is 9.53 Å². The molecular formula is C21H26N2O4S2. The van der Waals surface area contributed by atoms with Crippen LogP contribution < -0.4 is 0 Å². The van der Waals surface area contributed by atoms with Crippen molar-refractivity contribution in [3.8, 4) is 9.88 Å². The predicted molar refractivity (Wildman–Crippen MR) is 113 cm³/mol. The SMILES string of the molecule is CC(C)[C@@H]1C[C@@H]2C[C@H](N(CC(=O)O)C(=O)c3csc(-c4cccs4)n3)C[C@@H]2CO1. The number of ether oxygens (including phenoxy) is 1. The molecule has 1 aliphatic heterocycles. The number of hydrogen-bond acceptors (Lipinski definition) is 6. The number of aromatic nitrogens is 1. The maximum Gasteiger partial charge on any atom is 0.323 e. The zero-order chi connectivity index (χ0) is 20.5. The Morgan fingerprint density at radius 2 is 2.07 bits per heavy atom. The minimum absolute atomic E-state index is 0.0741. The molecule has 1 aliphatic carbocycles. The zero-order valence-corrected chi connectivity index (χ0v) is 18.2. The number of thiophene rings is 1. The first-order chi connectivity index (χ1) is 13.9. The number of amides is 1. The molecule has 8 heteroatoms. The molecule has 1 saturated heterocycles. The van der Waals surface area contributed by atoms with E-state index in [9.17, 15) is 14.7 Å². The van der Waals surface area contributed by atoms with Crippen LogP contribution >= 0.6 is 22.7 Å². The van der Waals surface area contributed by atoms with E-state index in [4.69, 9.17) is 4.74 Å².